The number of benzene rings is 2. The van der Waals surface area contributed by atoms with E-state index in [-0.39, 0.29) is 0 Å². The van der Waals surface area contributed by atoms with Gasteiger partial charge in [-0.2, -0.15) is 0 Å². The molecule has 1 aromatic heterocycles. The van der Waals surface area contributed by atoms with Crippen molar-refractivity contribution >= 4 is 16.6 Å². The number of hydrogen-bond acceptors (Lipinski definition) is 1. The zero-order valence-electron chi connectivity index (χ0n) is 9.70. The summed E-state index contributed by atoms with van der Waals surface area (Å²) in [6, 6.07) is 16.3. The van der Waals surface area contributed by atoms with E-state index in [2.05, 4.69) is 36.2 Å². The van der Waals surface area contributed by atoms with Crippen LogP contribution in [0.5, 0.6) is 0 Å². The molecular weight excluding hydrogens is 208 g/mol. The highest BCUT2D eigenvalue weighted by Crippen LogP contribution is 2.34. The van der Waals surface area contributed by atoms with E-state index in [1.54, 1.807) is 0 Å². The summed E-state index contributed by atoms with van der Waals surface area (Å²) in [5.74, 6) is 0. The molecule has 0 radical (unpaired) electrons. The number of aromatic nitrogens is 1. The summed E-state index contributed by atoms with van der Waals surface area (Å²) in [6.45, 7) is 2.09. The quantitative estimate of drug-likeness (QED) is 0.605. The van der Waals surface area contributed by atoms with E-state index in [9.17, 15) is 0 Å². The number of H-pyrrole nitrogens is 1. The highest BCUT2D eigenvalue weighted by Gasteiger charge is 2.11. The van der Waals surface area contributed by atoms with E-state index in [0.717, 1.165) is 22.5 Å². The minimum atomic E-state index is 0.820. The van der Waals surface area contributed by atoms with Crippen LogP contribution in [-0.2, 0) is 0 Å². The molecule has 17 heavy (non-hydrogen) atoms. The van der Waals surface area contributed by atoms with Crippen LogP contribution in [0.3, 0.4) is 0 Å². The molecule has 1 heterocycles. The average Bonchev–Trinajstić information content (AvgIpc) is 2.66. The number of hydrogen-bond donors (Lipinski definition) is 2. The van der Waals surface area contributed by atoms with Gasteiger partial charge >= 0.3 is 0 Å². The van der Waals surface area contributed by atoms with Crippen LogP contribution in [-0.4, -0.2) is 4.98 Å². The summed E-state index contributed by atoms with van der Waals surface area (Å²) in [5, 5.41) is 1.22. The molecule has 2 aromatic carbocycles. The van der Waals surface area contributed by atoms with E-state index < -0.39 is 0 Å². The Kier molecular flexibility index (Phi) is 2.15. The Balaban J connectivity index is 2.38. The Morgan fingerprint density at radius 3 is 2.47 bits per heavy atom. The maximum Gasteiger partial charge on any atom is 0.0462 e. The second kappa shape index (κ2) is 3.67. The predicted molar refractivity (Wildman–Crippen MR) is 72.9 cm³/mol. The van der Waals surface area contributed by atoms with Crippen molar-refractivity contribution in [1.29, 1.82) is 0 Å². The largest absolute Gasteiger partial charge is 0.398 e. The Morgan fingerprint density at radius 1 is 0.941 bits per heavy atom. The van der Waals surface area contributed by atoms with Crippen LogP contribution < -0.4 is 5.73 Å². The van der Waals surface area contributed by atoms with Crippen molar-refractivity contribution in [2.75, 3.05) is 5.73 Å². The Hall–Kier alpha value is -2.22. The standard InChI is InChI=1S/C15H14N2/c1-10-15(11-6-2-4-8-13(11)16)12-7-3-5-9-14(12)17-10/h2-9,17H,16H2,1H3. The molecule has 0 spiro atoms. The minimum absolute atomic E-state index is 0.820. The zero-order valence-corrected chi connectivity index (χ0v) is 9.70. The summed E-state index contributed by atoms with van der Waals surface area (Å²) in [7, 11) is 0. The number of aryl methyl sites for hydroxylation is 1. The maximum atomic E-state index is 6.06. The summed E-state index contributed by atoms with van der Waals surface area (Å²) < 4.78 is 0. The molecule has 0 aliphatic rings. The molecule has 2 heteroatoms. The van der Waals surface area contributed by atoms with E-state index in [4.69, 9.17) is 5.73 Å². The van der Waals surface area contributed by atoms with Crippen LogP contribution in [0.1, 0.15) is 5.69 Å². The predicted octanol–water partition coefficient (Wildman–Crippen LogP) is 3.73. The highest BCUT2D eigenvalue weighted by atomic mass is 14.7. The van der Waals surface area contributed by atoms with Gasteiger partial charge in [0.2, 0.25) is 0 Å². The van der Waals surface area contributed by atoms with E-state index >= 15 is 0 Å². The molecule has 0 bridgehead atoms. The number of nitrogens with two attached hydrogens (primary N) is 1. The molecule has 0 aliphatic heterocycles. The molecule has 0 saturated carbocycles. The molecule has 84 valence electrons. The molecule has 0 saturated heterocycles. The minimum Gasteiger partial charge on any atom is -0.398 e. The van der Waals surface area contributed by atoms with Crippen LogP contribution in [0.2, 0.25) is 0 Å². The molecule has 3 rings (SSSR count). The van der Waals surface area contributed by atoms with Gasteiger partial charge in [-0.15, -0.1) is 0 Å². The fraction of sp³-hybridized carbons (Fsp3) is 0.0667. The number of nitrogen functional groups attached to an aromatic ring is 1. The van der Waals surface area contributed by atoms with Crippen molar-refractivity contribution in [3.8, 4) is 11.1 Å². The van der Waals surface area contributed by atoms with Gasteiger partial charge in [-0.25, -0.2) is 0 Å². The molecule has 0 aliphatic carbocycles. The third kappa shape index (κ3) is 1.49. The van der Waals surface area contributed by atoms with Crippen molar-refractivity contribution in [2.24, 2.45) is 0 Å². The lowest BCUT2D eigenvalue weighted by atomic mass is 10.0. The SMILES string of the molecule is Cc1[nH]c2ccccc2c1-c1ccccc1N. The molecule has 0 atom stereocenters. The number of nitrogens with one attached hydrogen (secondary N) is 1. The van der Waals surface area contributed by atoms with Gasteiger partial charge in [0.15, 0.2) is 0 Å². The molecule has 0 fully saturated rings. The number of aromatic amines is 1. The number of fused-ring (bicyclic) bond motifs is 1. The molecule has 3 N–H and O–H groups in total. The van der Waals surface area contributed by atoms with E-state index in [1.807, 2.05) is 24.3 Å². The Bertz CT molecular complexity index is 680. The first kappa shape index (κ1) is 9.97. The normalized spacial score (nSPS) is 10.9. The van der Waals surface area contributed by atoms with Crippen molar-refractivity contribution in [3.63, 3.8) is 0 Å². The Morgan fingerprint density at radius 2 is 1.65 bits per heavy atom. The summed E-state index contributed by atoms with van der Waals surface area (Å²) in [4.78, 5) is 3.40. The smallest absolute Gasteiger partial charge is 0.0462 e. The van der Waals surface area contributed by atoms with Crippen LogP contribution in [0.25, 0.3) is 22.0 Å². The maximum absolute atomic E-state index is 6.06. The Labute approximate surface area is 100 Å². The van der Waals surface area contributed by atoms with Crippen molar-refractivity contribution in [3.05, 3.63) is 54.2 Å². The van der Waals surface area contributed by atoms with Crippen molar-refractivity contribution in [1.82, 2.24) is 4.98 Å². The molecule has 0 unspecified atom stereocenters. The fourth-order valence-electron chi connectivity index (χ4n) is 2.35. The zero-order chi connectivity index (χ0) is 11.8. The van der Waals surface area contributed by atoms with E-state index in [1.165, 1.54) is 10.9 Å². The van der Waals surface area contributed by atoms with Gasteiger partial charge in [-0.3, -0.25) is 0 Å². The number of anilines is 1. The molecule has 3 aromatic rings. The van der Waals surface area contributed by atoms with Crippen LogP contribution in [0, 0.1) is 6.92 Å². The second-order valence-electron chi connectivity index (χ2n) is 4.26. The lowest BCUT2D eigenvalue weighted by Crippen LogP contribution is -1.89. The van der Waals surface area contributed by atoms with Crippen LogP contribution in [0.4, 0.5) is 5.69 Å². The summed E-state index contributed by atoms with van der Waals surface area (Å²) >= 11 is 0. The van der Waals surface area contributed by atoms with Gasteiger partial charge in [0, 0.05) is 33.4 Å². The summed E-state index contributed by atoms with van der Waals surface area (Å²) in [6.07, 6.45) is 0. The molecular formula is C15H14N2. The third-order valence-electron chi connectivity index (χ3n) is 3.12. The third-order valence-corrected chi connectivity index (χ3v) is 3.12. The van der Waals surface area contributed by atoms with E-state index in [0.29, 0.717) is 0 Å². The van der Waals surface area contributed by atoms with Gasteiger partial charge in [0.25, 0.3) is 0 Å². The second-order valence-corrected chi connectivity index (χ2v) is 4.26. The monoisotopic (exact) mass is 222 g/mol. The first-order chi connectivity index (χ1) is 8.27. The summed E-state index contributed by atoms with van der Waals surface area (Å²) in [5.41, 5.74) is 11.5. The first-order valence-electron chi connectivity index (χ1n) is 5.69. The number of para-hydroxylation sites is 2. The topological polar surface area (TPSA) is 41.8 Å². The first-order valence-corrected chi connectivity index (χ1v) is 5.69. The van der Waals surface area contributed by atoms with Crippen LogP contribution in [0.15, 0.2) is 48.5 Å². The lowest BCUT2D eigenvalue weighted by Gasteiger charge is -2.05. The van der Waals surface area contributed by atoms with Gasteiger partial charge in [-0.1, -0.05) is 36.4 Å². The molecule has 2 nitrogen and oxygen atoms in total. The average molecular weight is 222 g/mol. The lowest BCUT2D eigenvalue weighted by molar-refractivity contribution is 1.30. The van der Waals surface area contributed by atoms with Gasteiger partial charge in [0.05, 0.1) is 0 Å². The van der Waals surface area contributed by atoms with Gasteiger partial charge in [0.1, 0.15) is 0 Å². The molecule has 0 amide bonds. The van der Waals surface area contributed by atoms with Crippen molar-refractivity contribution in [2.45, 2.75) is 6.92 Å². The fourth-order valence-corrected chi connectivity index (χ4v) is 2.35. The highest BCUT2D eigenvalue weighted by molar-refractivity contribution is 6.00. The van der Waals surface area contributed by atoms with Gasteiger partial charge in [-0.05, 0) is 19.1 Å². The number of rotatable bonds is 1. The van der Waals surface area contributed by atoms with Crippen molar-refractivity contribution < 1.29 is 0 Å². The van der Waals surface area contributed by atoms with Gasteiger partial charge < -0.3 is 10.7 Å². The van der Waals surface area contributed by atoms with Crippen LogP contribution >= 0.6 is 0 Å².